The number of hydrogen-bond donors (Lipinski definition) is 3. The predicted octanol–water partition coefficient (Wildman–Crippen LogP) is 4.06. The number of rotatable bonds is 5. The van der Waals surface area contributed by atoms with Crippen molar-refractivity contribution in [1.29, 1.82) is 0 Å². The fourth-order valence-corrected chi connectivity index (χ4v) is 3.68. The van der Waals surface area contributed by atoms with E-state index in [0.717, 1.165) is 16.6 Å². The normalized spacial score (nSPS) is 12.3. The molecule has 0 bridgehead atoms. The molecule has 0 spiro atoms. The van der Waals surface area contributed by atoms with Crippen molar-refractivity contribution < 1.29 is 4.79 Å². The number of pyridine rings is 1. The molecule has 1 atom stereocenters. The summed E-state index contributed by atoms with van der Waals surface area (Å²) in [6.07, 6.45) is 1.64. The van der Waals surface area contributed by atoms with Crippen molar-refractivity contribution in [1.82, 2.24) is 25.3 Å². The third-order valence-electron chi connectivity index (χ3n) is 5.51. The lowest BCUT2D eigenvalue weighted by Gasteiger charge is -2.22. The highest BCUT2D eigenvalue weighted by atomic mass is 16.1. The van der Waals surface area contributed by atoms with Crippen LogP contribution >= 0.6 is 0 Å². The lowest BCUT2D eigenvalue weighted by Crippen LogP contribution is -2.33. The van der Waals surface area contributed by atoms with Crippen LogP contribution in [0.25, 0.3) is 22.4 Å². The van der Waals surface area contributed by atoms with E-state index in [-0.39, 0.29) is 17.4 Å². The van der Waals surface area contributed by atoms with Gasteiger partial charge in [-0.25, -0.2) is 4.98 Å². The molecule has 0 aliphatic heterocycles. The SMILES string of the molecule is Cc1[nH]c2cc(C(=O)N[C@@H](c3cc(=O)[nH]c(-c4ccccn4)n3)C(C)C)ccc2c1C. The summed E-state index contributed by atoms with van der Waals surface area (Å²) in [4.78, 5) is 40.3. The smallest absolute Gasteiger partial charge is 0.251 e. The molecule has 0 aliphatic carbocycles. The number of aromatic amines is 2. The largest absolute Gasteiger partial charge is 0.358 e. The maximum Gasteiger partial charge on any atom is 0.251 e. The fourth-order valence-electron chi connectivity index (χ4n) is 3.68. The second kappa shape index (κ2) is 8.18. The van der Waals surface area contributed by atoms with Crippen LogP contribution in [0.1, 0.15) is 47.2 Å². The molecule has 0 saturated heterocycles. The van der Waals surface area contributed by atoms with Gasteiger partial charge in [0.1, 0.15) is 5.69 Å². The van der Waals surface area contributed by atoms with Crippen LogP contribution in [0.5, 0.6) is 0 Å². The number of fused-ring (bicyclic) bond motifs is 1. The molecule has 3 N–H and O–H groups in total. The summed E-state index contributed by atoms with van der Waals surface area (Å²) in [7, 11) is 0. The average Bonchev–Trinajstić information content (AvgIpc) is 3.04. The van der Waals surface area contributed by atoms with E-state index in [1.807, 2.05) is 45.0 Å². The molecule has 4 aromatic rings. The van der Waals surface area contributed by atoms with Gasteiger partial charge in [0, 0.05) is 34.4 Å². The first-order chi connectivity index (χ1) is 14.8. The Labute approximate surface area is 180 Å². The lowest BCUT2D eigenvalue weighted by molar-refractivity contribution is 0.0924. The zero-order valence-corrected chi connectivity index (χ0v) is 18.0. The third kappa shape index (κ3) is 4.12. The van der Waals surface area contributed by atoms with Gasteiger partial charge in [-0.1, -0.05) is 26.0 Å². The Bertz CT molecular complexity index is 1300. The highest BCUT2D eigenvalue weighted by Gasteiger charge is 2.22. The van der Waals surface area contributed by atoms with Crippen molar-refractivity contribution in [2.75, 3.05) is 0 Å². The number of carbonyl (C=O) groups is 1. The van der Waals surface area contributed by atoms with E-state index >= 15 is 0 Å². The van der Waals surface area contributed by atoms with E-state index in [9.17, 15) is 9.59 Å². The number of nitrogens with zero attached hydrogens (tertiary/aromatic N) is 2. The molecular formula is C24H25N5O2. The quantitative estimate of drug-likeness (QED) is 0.457. The summed E-state index contributed by atoms with van der Waals surface area (Å²) in [6.45, 7) is 8.03. The molecule has 3 heterocycles. The van der Waals surface area contributed by atoms with Gasteiger partial charge in [-0.15, -0.1) is 0 Å². The first-order valence-corrected chi connectivity index (χ1v) is 10.3. The Morgan fingerprint density at radius 2 is 1.87 bits per heavy atom. The van der Waals surface area contributed by atoms with E-state index in [1.165, 1.54) is 11.6 Å². The summed E-state index contributed by atoms with van der Waals surface area (Å²) in [6, 6.07) is 12.0. The van der Waals surface area contributed by atoms with Crippen molar-refractivity contribution >= 4 is 16.8 Å². The average molecular weight is 415 g/mol. The van der Waals surface area contributed by atoms with Crippen LogP contribution in [0, 0.1) is 19.8 Å². The molecule has 7 heteroatoms. The molecule has 0 saturated carbocycles. The number of aryl methyl sites for hydroxylation is 2. The summed E-state index contributed by atoms with van der Waals surface area (Å²) in [5.41, 5.74) is 4.52. The number of benzene rings is 1. The maximum atomic E-state index is 13.1. The first kappa shape index (κ1) is 20.5. The molecule has 158 valence electrons. The molecule has 31 heavy (non-hydrogen) atoms. The number of H-pyrrole nitrogens is 2. The summed E-state index contributed by atoms with van der Waals surface area (Å²) in [5, 5.41) is 4.16. The van der Waals surface area contributed by atoms with Crippen LogP contribution in [0.15, 0.2) is 53.5 Å². The summed E-state index contributed by atoms with van der Waals surface area (Å²) in [5.74, 6) is 0.183. The van der Waals surface area contributed by atoms with Crippen molar-refractivity contribution in [3.63, 3.8) is 0 Å². The van der Waals surface area contributed by atoms with Gasteiger partial charge < -0.3 is 15.3 Å². The number of aromatic nitrogens is 4. The van der Waals surface area contributed by atoms with E-state index < -0.39 is 6.04 Å². The molecule has 1 amide bonds. The number of hydrogen-bond acceptors (Lipinski definition) is 4. The third-order valence-corrected chi connectivity index (χ3v) is 5.51. The van der Waals surface area contributed by atoms with E-state index in [2.05, 4.69) is 32.2 Å². The van der Waals surface area contributed by atoms with Gasteiger partial charge in [-0.3, -0.25) is 14.6 Å². The molecule has 0 unspecified atom stereocenters. The van der Waals surface area contributed by atoms with E-state index in [4.69, 9.17) is 0 Å². The van der Waals surface area contributed by atoms with Gasteiger partial charge in [0.2, 0.25) is 0 Å². The molecule has 7 nitrogen and oxygen atoms in total. The van der Waals surface area contributed by atoms with Crippen LogP contribution < -0.4 is 10.9 Å². The van der Waals surface area contributed by atoms with Gasteiger partial charge in [0.05, 0.1) is 11.7 Å². The molecule has 3 aromatic heterocycles. The number of carbonyl (C=O) groups excluding carboxylic acids is 1. The van der Waals surface area contributed by atoms with Gasteiger partial charge in [0.15, 0.2) is 5.82 Å². The molecule has 0 aliphatic rings. The Morgan fingerprint density at radius 1 is 1.06 bits per heavy atom. The number of amides is 1. The van der Waals surface area contributed by atoms with Crippen molar-refractivity contribution in [2.24, 2.45) is 5.92 Å². The maximum absolute atomic E-state index is 13.1. The minimum absolute atomic E-state index is 0.0218. The number of nitrogens with one attached hydrogen (secondary N) is 3. The van der Waals surface area contributed by atoms with E-state index in [1.54, 1.807) is 18.3 Å². The monoisotopic (exact) mass is 415 g/mol. The minimum atomic E-state index is -0.430. The highest BCUT2D eigenvalue weighted by molar-refractivity contribution is 5.98. The Balaban J connectivity index is 1.66. The van der Waals surface area contributed by atoms with Gasteiger partial charge in [-0.2, -0.15) is 0 Å². The van der Waals surface area contributed by atoms with Crippen molar-refractivity contribution in [3.05, 3.63) is 81.5 Å². The van der Waals surface area contributed by atoms with Gasteiger partial charge >= 0.3 is 0 Å². The Hall–Kier alpha value is -3.74. The standard InChI is InChI=1S/C24H25N5O2/c1-13(2)22(20-12-21(30)28-23(27-20)18-7-5-6-10-25-18)29-24(31)16-8-9-17-14(3)15(4)26-19(17)11-16/h5-13,22,26H,1-4H3,(H,29,31)(H,27,28,30)/t22-/m1/s1. The van der Waals surface area contributed by atoms with Crippen LogP contribution in [-0.4, -0.2) is 25.8 Å². The second-order valence-corrected chi connectivity index (χ2v) is 8.06. The topological polar surface area (TPSA) is 104 Å². The molecular weight excluding hydrogens is 390 g/mol. The zero-order chi connectivity index (χ0) is 22.1. The molecule has 0 fully saturated rings. The zero-order valence-electron chi connectivity index (χ0n) is 18.0. The summed E-state index contributed by atoms with van der Waals surface area (Å²) < 4.78 is 0. The van der Waals surface area contributed by atoms with Gasteiger partial charge in [-0.05, 0) is 49.6 Å². The molecule has 1 aromatic carbocycles. The Kier molecular flexibility index (Phi) is 5.42. The van der Waals surface area contributed by atoms with Crippen LogP contribution in [0.2, 0.25) is 0 Å². The van der Waals surface area contributed by atoms with Crippen LogP contribution in [-0.2, 0) is 0 Å². The molecule has 0 radical (unpaired) electrons. The van der Waals surface area contributed by atoms with Crippen molar-refractivity contribution in [2.45, 2.75) is 33.7 Å². The second-order valence-electron chi connectivity index (χ2n) is 8.06. The van der Waals surface area contributed by atoms with Crippen LogP contribution in [0.4, 0.5) is 0 Å². The first-order valence-electron chi connectivity index (χ1n) is 10.3. The Morgan fingerprint density at radius 3 is 2.58 bits per heavy atom. The summed E-state index contributed by atoms with van der Waals surface area (Å²) >= 11 is 0. The van der Waals surface area contributed by atoms with Gasteiger partial charge in [0.25, 0.3) is 11.5 Å². The lowest BCUT2D eigenvalue weighted by atomic mass is 9.99. The van der Waals surface area contributed by atoms with Crippen molar-refractivity contribution in [3.8, 4) is 11.5 Å². The molecule has 4 rings (SSSR count). The van der Waals surface area contributed by atoms with E-state index in [0.29, 0.717) is 22.8 Å². The minimum Gasteiger partial charge on any atom is -0.358 e. The van der Waals surface area contributed by atoms with Crippen LogP contribution in [0.3, 0.4) is 0 Å². The predicted molar refractivity (Wildman–Crippen MR) is 121 cm³/mol. The fraction of sp³-hybridized carbons (Fsp3) is 0.250. The highest BCUT2D eigenvalue weighted by Crippen LogP contribution is 2.24.